The molecule has 11 heteroatoms. The molecule has 1 saturated carbocycles. The summed E-state index contributed by atoms with van der Waals surface area (Å²) in [5.41, 5.74) is 1.12. The fourth-order valence-corrected chi connectivity index (χ4v) is 8.21. The summed E-state index contributed by atoms with van der Waals surface area (Å²) in [7, 11) is 0. The van der Waals surface area contributed by atoms with Gasteiger partial charge >= 0.3 is 0 Å². The van der Waals surface area contributed by atoms with Crippen molar-refractivity contribution in [2.45, 2.75) is 28.5 Å². The average Bonchev–Trinajstić information content (AvgIpc) is 3.27. The van der Waals surface area contributed by atoms with Gasteiger partial charge in [-0.25, -0.2) is 9.29 Å². The number of allylic oxidation sites excluding steroid dienone is 2. The minimum Gasteiger partial charge on any atom is -0.507 e. The Hall–Kier alpha value is -3.79. The number of carbonyl (C=O) groups is 4. The number of anilines is 1. The molecule has 0 spiro atoms. The molecule has 3 aromatic rings. The van der Waals surface area contributed by atoms with Gasteiger partial charge < -0.3 is 5.11 Å². The van der Waals surface area contributed by atoms with Crippen LogP contribution in [0, 0.1) is 23.6 Å². The molecule has 0 bridgehead atoms. The first-order valence-electron chi connectivity index (χ1n) is 13.0. The molecular weight excluding hydrogens is 574 g/mol. The van der Waals surface area contributed by atoms with Gasteiger partial charge in [0.1, 0.15) is 11.6 Å². The molecule has 3 fully saturated rings. The Balaban J connectivity index is 1.50. The van der Waals surface area contributed by atoms with Crippen LogP contribution in [-0.2, 0) is 19.2 Å². The van der Waals surface area contributed by atoms with Crippen LogP contribution < -0.4 is 4.90 Å². The second-order valence-electron chi connectivity index (χ2n) is 11.0. The van der Waals surface area contributed by atoms with Gasteiger partial charge in [0.15, 0.2) is 9.75 Å². The Bertz CT molecular complexity index is 1740. The largest absolute Gasteiger partial charge is 0.507 e. The molecule has 208 valence electrons. The van der Waals surface area contributed by atoms with E-state index < -0.39 is 62.9 Å². The van der Waals surface area contributed by atoms with Gasteiger partial charge in [0.2, 0.25) is 0 Å². The number of amides is 4. The van der Waals surface area contributed by atoms with Crippen molar-refractivity contribution in [3.8, 4) is 5.75 Å². The zero-order valence-corrected chi connectivity index (χ0v) is 22.6. The number of nitrogens with zero attached hydrogens (tertiary/aromatic N) is 2. The maximum atomic E-state index is 14.4. The van der Waals surface area contributed by atoms with Crippen molar-refractivity contribution in [2.75, 3.05) is 4.90 Å². The molecule has 41 heavy (non-hydrogen) atoms. The van der Waals surface area contributed by atoms with E-state index in [2.05, 4.69) is 0 Å². The lowest BCUT2D eigenvalue weighted by molar-refractivity contribution is -0.173. The van der Waals surface area contributed by atoms with Gasteiger partial charge in [-0.15, -0.1) is 23.2 Å². The number of fused-ring (bicyclic) bond motifs is 5. The topological polar surface area (TPSA) is 115 Å². The molecule has 8 nitrogen and oxygen atoms in total. The van der Waals surface area contributed by atoms with E-state index in [1.807, 2.05) is 0 Å². The van der Waals surface area contributed by atoms with Crippen LogP contribution in [0.2, 0.25) is 0 Å². The van der Waals surface area contributed by atoms with Gasteiger partial charge in [-0.1, -0.05) is 42.0 Å². The first kappa shape index (κ1) is 26.1. The van der Waals surface area contributed by atoms with Gasteiger partial charge in [-0.2, -0.15) is 5.06 Å². The Morgan fingerprint density at radius 3 is 2.24 bits per heavy atom. The lowest BCUT2D eigenvalue weighted by Crippen LogP contribution is -2.60. The fourth-order valence-electron chi connectivity index (χ4n) is 7.29. The standard InChI is InChI=1S/C30H21Cl2FN2O6/c31-29-13-21-19(9-10-20-23(21)26(38)35(41)25(20)37)24(18-11-12-22(36)17-4-2-1-3-16(17)18)30(29,32)28(40)34(27(29)39)15-7-5-14(33)6-8-15/h1-9,11-12,20-21,23-24,36,41H,10,13H2/t20-,21+,23-,24-,29+,30-/m0/s1. The second kappa shape index (κ2) is 8.61. The number of imide groups is 2. The minimum absolute atomic E-state index is 0.00981. The van der Waals surface area contributed by atoms with Crippen molar-refractivity contribution in [1.82, 2.24) is 5.06 Å². The van der Waals surface area contributed by atoms with E-state index in [0.717, 1.165) is 17.0 Å². The minimum atomic E-state index is -2.10. The van der Waals surface area contributed by atoms with E-state index in [0.29, 0.717) is 21.9 Å². The number of halogens is 3. The number of hydroxylamine groups is 2. The van der Waals surface area contributed by atoms with Crippen LogP contribution in [0.1, 0.15) is 24.3 Å². The summed E-state index contributed by atoms with van der Waals surface area (Å²) in [6, 6.07) is 14.8. The number of phenols is 1. The molecular formula is C30H21Cl2FN2O6. The number of rotatable bonds is 2. The summed E-state index contributed by atoms with van der Waals surface area (Å²) < 4.78 is 13.8. The molecule has 3 aromatic carbocycles. The van der Waals surface area contributed by atoms with Crippen LogP contribution in [-0.4, -0.2) is 48.8 Å². The molecule has 4 amide bonds. The van der Waals surface area contributed by atoms with Crippen LogP contribution in [0.5, 0.6) is 5.75 Å². The summed E-state index contributed by atoms with van der Waals surface area (Å²) in [5.74, 6) is -7.53. The third-order valence-corrected chi connectivity index (χ3v) is 10.5. The number of carbonyl (C=O) groups excluding carboxylic acids is 4. The van der Waals surface area contributed by atoms with Gasteiger partial charge in [-0.3, -0.25) is 24.4 Å². The zero-order chi connectivity index (χ0) is 29.0. The smallest absolute Gasteiger partial charge is 0.258 e. The van der Waals surface area contributed by atoms with Crippen LogP contribution in [0.15, 0.2) is 72.3 Å². The lowest BCUT2D eigenvalue weighted by atomic mass is 9.56. The molecule has 2 saturated heterocycles. The molecule has 2 N–H and O–H groups in total. The molecule has 2 aliphatic carbocycles. The molecule has 4 aliphatic rings. The zero-order valence-electron chi connectivity index (χ0n) is 21.1. The van der Waals surface area contributed by atoms with Crippen LogP contribution in [0.25, 0.3) is 10.8 Å². The van der Waals surface area contributed by atoms with Crippen molar-refractivity contribution < 1.29 is 33.9 Å². The summed E-state index contributed by atoms with van der Waals surface area (Å²) >= 11 is 14.6. The molecule has 0 aromatic heterocycles. The Labute approximate surface area is 242 Å². The fraction of sp³-hybridized carbons (Fsp3) is 0.267. The van der Waals surface area contributed by atoms with Crippen molar-refractivity contribution in [3.05, 3.63) is 83.7 Å². The lowest BCUT2D eigenvalue weighted by Gasteiger charge is -2.51. The highest BCUT2D eigenvalue weighted by Gasteiger charge is 2.76. The van der Waals surface area contributed by atoms with Crippen LogP contribution in [0.4, 0.5) is 10.1 Å². The number of alkyl halides is 2. The van der Waals surface area contributed by atoms with Crippen molar-refractivity contribution >= 4 is 63.3 Å². The van der Waals surface area contributed by atoms with E-state index in [9.17, 15) is 33.9 Å². The number of aromatic hydroxyl groups is 1. The SMILES string of the molecule is O=C1[C@H]2[C@H](CC=C3[C@H]2C[C@@]2(Cl)C(=O)N(c4ccc(F)cc4)C(=O)[C@@]2(Cl)[C@H]3c2ccc(O)c3ccccc23)C(=O)N1O. The van der Waals surface area contributed by atoms with E-state index in [4.69, 9.17) is 23.2 Å². The highest BCUT2D eigenvalue weighted by molar-refractivity contribution is 6.58. The van der Waals surface area contributed by atoms with Crippen LogP contribution in [0.3, 0.4) is 0 Å². The summed E-state index contributed by atoms with van der Waals surface area (Å²) in [5, 5.41) is 22.0. The normalized spacial score (nSPS) is 32.7. The molecule has 0 radical (unpaired) electrons. The summed E-state index contributed by atoms with van der Waals surface area (Å²) in [6.45, 7) is 0. The predicted molar refractivity (Wildman–Crippen MR) is 146 cm³/mol. The molecule has 0 unspecified atom stereocenters. The highest BCUT2D eigenvalue weighted by Crippen LogP contribution is 2.66. The van der Waals surface area contributed by atoms with Crippen molar-refractivity contribution in [2.24, 2.45) is 17.8 Å². The Morgan fingerprint density at radius 1 is 0.854 bits per heavy atom. The maximum Gasteiger partial charge on any atom is 0.258 e. The number of benzene rings is 3. The highest BCUT2D eigenvalue weighted by atomic mass is 35.5. The van der Waals surface area contributed by atoms with Gasteiger partial charge in [-0.05, 0) is 60.0 Å². The van der Waals surface area contributed by atoms with Crippen molar-refractivity contribution in [1.29, 1.82) is 0 Å². The average molecular weight is 595 g/mol. The van der Waals surface area contributed by atoms with Gasteiger partial charge in [0.05, 0.1) is 17.5 Å². The monoisotopic (exact) mass is 594 g/mol. The number of hydrogen-bond acceptors (Lipinski definition) is 6. The quantitative estimate of drug-likeness (QED) is 0.193. The van der Waals surface area contributed by atoms with E-state index >= 15 is 0 Å². The third-order valence-electron chi connectivity index (χ3n) is 9.12. The Morgan fingerprint density at radius 2 is 1.54 bits per heavy atom. The second-order valence-corrected chi connectivity index (χ2v) is 12.2. The van der Waals surface area contributed by atoms with E-state index in [1.165, 1.54) is 18.2 Å². The van der Waals surface area contributed by atoms with E-state index in [-0.39, 0.29) is 29.3 Å². The number of hydrogen-bond donors (Lipinski definition) is 2. The molecule has 6 atom stereocenters. The molecule has 2 aliphatic heterocycles. The predicted octanol–water partition coefficient (Wildman–Crippen LogP) is 4.64. The third kappa shape index (κ3) is 3.19. The maximum absolute atomic E-state index is 14.4. The Kier molecular flexibility index (Phi) is 5.49. The van der Waals surface area contributed by atoms with Gasteiger partial charge in [0, 0.05) is 11.3 Å². The van der Waals surface area contributed by atoms with Crippen LogP contribution >= 0.6 is 23.2 Å². The number of phenolic OH excluding ortho intramolecular Hbond substituents is 1. The van der Waals surface area contributed by atoms with Crippen molar-refractivity contribution in [3.63, 3.8) is 0 Å². The summed E-state index contributed by atoms with van der Waals surface area (Å²) in [4.78, 5) is 51.1. The first-order chi connectivity index (χ1) is 19.5. The molecule has 2 heterocycles. The van der Waals surface area contributed by atoms with Gasteiger partial charge in [0.25, 0.3) is 23.6 Å². The first-order valence-corrected chi connectivity index (χ1v) is 13.8. The molecule has 7 rings (SSSR count). The van der Waals surface area contributed by atoms with E-state index in [1.54, 1.807) is 36.4 Å². The summed E-state index contributed by atoms with van der Waals surface area (Å²) in [6.07, 6.45) is 1.60.